The first kappa shape index (κ1) is 27.0. The Bertz CT molecular complexity index is 1500. The van der Waals surface area contributed by atoms with Crippen LogP contribution in [0.25, 0.3) is 22.0 Å². The SMILES string of the molecule is COC(=O)Cc1c(C)c2c3c(cc(C)n3CCN2c2ncc(OCCN(C)SC)cn2)c1-c1ccc(C)cc1. The van der Waals surface area contributed by atoms with Gasteiger partial charge in [-0.2, -0.15) is 0 Å². The molecule has 0 bridgehead atoms. The van der Waals surface area contributed by atoms with Gasteiger partial charge in [0.15, 0.2) is 5.75 Å². The second-order valence-electron chi connectivity index (χ2n) is 9.90. The Morgan fingerprint density at radius 2 is 1.82 bits per heavy atom. The van der Waals surface area contributed by atoms with Crippen LogP contribution in [0.4, 0.5) is 11.6 Å². The summed E-state index contributed by atoms with van der Waals surface area (Å²) in [7, 11) is 3.47. The van der Waals surface area contributed by atoms with Gasteiger partial charge in [0, 0.05) is 30.7 Å². The Morgan fingerprint density at radius 1 is 1.10 bits per heavy atom. The molecule has 8 nitrogen and oxygen atoms in total. The first-order valence-electron chi connectivity index (χ1n) is 13.1. The van der Waals surface area contributed by atoms with Crippen LogP contribution in [0.15, 0.2) is 42.7 Å². The van der Waals surface area contributed by atoms with Gasteiger partial charge in [-0.1, -0.05) is 41.8 Å². The lowest BCUT2D eigenvalue weighted by Gasteiger charge is -2.33. The van der Waals surface area contributed by atoms with Crippen molar-refractivity contribution < 1.29 is 14.3 Å². The van der Waals surface area contributed by atoms with Crippen LogP contribution in [0, 0.1) is 20.8 Å². The minimum absolute atomic E-state index is 0.185. The lowest BCUT2D eigenvalue weighted by molar-refractivity contribution is -0.139. The third-order valence-electron chi connectivity index (χ3n) is 7.46. The molecule has 1 aliphatic heterocycles. The molecule has 0 fully saturated rings. The van der Waals surface area contributed by atoms with Gasteiger partial charge in [-0.25, -0.2) is 9.97 Å². The van der Waals surface area contributed by atoms with Gasteiger partial charge < -0.3 is 18.9 Å². The molecule has 5 rings (SSSR count). The molecular weight excluding hydrogens is 510 g/mol. The van der Waals surface area contributed by atoms with Crippen molar-refractivity contribution in [3.8, 4) is 16.9 Å². The van der Waals surface area contributed by atoms with Crippen LogP contribution in [0.5, 0.6) is 5.75 Å². The number of likely N-dealkylation sites (N-methyl/N-ethyl adjacent to an activating group) is 1. The number of esters is 1. The summed E-state index contributed by atoms with van der Waals surface area (Å²) in [6, 6.07) is 10.7. The number of anilines is 2. The van der Waals surface area contributed by atoms with Crippen LogP contribution in [0.3, 0.4) is 0 Å². The summed E-state index contributed by atoms with van der Waals surface area (Å²) in [5, 5.41) is 1.12. The topological polar surface area (TPSA) is 72.7 Å². The molecule has 0 N–H and O–H groups in total. The molecule has 0 saturated carbocycles. The maximum absolute atomic E-state index is 12.6. The number of rotatable bonds is 9. The summed E-state index contributed by atoms with van der Waals surface area (Å²) in [6.45, 7) is 9.22. The van der Waals surface area contributed by atoms with Crippen LogP contribution in [0.1, 0.15) is 22.4 Å². The van der Waals surface area contributed by atoms with Crippen LogP contribution in [-0.2, 0) is 22.5 Å². The third kappa shape index (κ3) is 5.21. The number of carbonyl (C=O) groups is 1. The quantitative estimate of drug-likeness (QED) is 0.202. The maximum atomic E-state index is 12.6. The standard InChI is InChI=1S/C30H35N5O3S/c1-19-7-9-22(10-8-19)27-24(16-26(36)37-5)21(3)28-29-25(27)15-20(2)34(29)11-12-35(28)30-31-17-23(18-32-30)38-14-13-33(4)39-6/h7-10,15,17-18H,11-14,16H2,1-6H3. The summed E-state index contributed by atoms with van der Waals surface area (Å²) in [6.07, 6.45) is 5.70. The van der Waals surface area contributed by atoms with Crippen molar-refractivity contribution in [2.45, 2.75) is 33.7 Å². The van der Waals surface area contributed by atoms with E-state index in [-0.39, 0.29) is 12.4 Å². The zero-order valence-electron chi connectivity index (χ0n) is 23.4. The minimum Gasteiger partial charge on any atom is -0.489 e. The maximum Gasteiger partial charge on any atom is 0.310 e. The molecule has 2 aromatic carbocycles. The lowest BCUT2D eigenvalue weighted by Crippen LogP contribution is -2.30. The number of benzene rings is 2. The predicted octanol–water partition coefficient (Wildman–Crippen LogP) is 5.48. The first-order chi connectivity index (χ1) is 18.8. The Labute approximate surface area is 234 Å². The van der Waals surface area contributed by atoms with Crippen LogP contribution in [-0.4, -0.2) is 64.9 Å². The smallest absolute Gasteiger partial charge is 0.310 e. The van der Waals surface area contributed by atoms with Crippen LogP contribution >= 0.6 is 11.9 Å². The summed E-state index contributed by atoms with van der Waals surface area (Å²) >= 11 is 1.67. The summed E-state index contributed by atoms with van der Waals surface area (Å²) < 4.78 is 15.5. The molecule has 0 radical (unpaired) electrons. The van der Waals surface area contributed by atoms with E-state index in [1.807, 2.05) is 13.3 Å². The zero-order valence-corrected chi connectivity index (χ0v) is 24.3. The molecular formula is C30H35N5O3S. The number of hydrogen-bond donors (Lipinski definition) is 0. The van der Waals surface area contributed by atoms with E-state index in [1.54, 1.807) is 24.3 Å². The van der Waals surface area contributed by atoms with Crippen molar-refractivity contribution in [2.24, 2.45) is 0 Å². The fraction of sp³-hybridized carbons (Fsp3) is 0.367. The summed E-state index contributed by atoms with van der Waals surface area (Å²) in [5.41, 5.74) is 8.74. The van der Waals surface area contributed by atoms with E-state index in [2.05, 4.69) is 64.9 Å². The van der Waals surface area contributed by atoms with Gasteiger partial charge in [-0.3, -0.25) is 9.10 Å². The van der Waals surface area contributed by atoms with Crippen molar-refractivity contribution in [1.29, 1.82) is 0 Å². The molecule has 39 heavy (non-hydrogen) atoms. The number of aryl methyl sites for hydroxylation is 2. The number of aromatic nitrogens is 3. The van der Waals surface area contributed by atoms with Crippen molar-refractivity contribution in [2.75, 3.05) is 45.0 Å². The Balaban J connectivity index is 1.62. The predicted molar refractivity (Wildman–Crippen MR) is 158 cm³/mol. The molecule has 204 valence electrons. The molecule has 3 heterocycles. The van der Waals surface area contributed by atoms with E-state index in [0.717, 1.165) is 58.5 Å². The third-order valence-corrected chi connectivity index (χ3v) is 8.26. The Hall–Kier alpha value is -3.56. The molecule has 1 aliphatic rings. The van der Waals surface area contributed by atoms with Gasteiger partial charge in [-0.05, 0) is 62.4 Å². The van der Waals surface area contributed by atoms with Gasteiger partial charge in [0.05, 0.1) is 37.1 Å². The number of ether oxygens (including phenoxy) is 2. The molecule has 0 saturated heterocycles. The van der Waals surface area contributed by atoms with E-state index >= 15 is 0 Å². The minimum atomic E-state index is -0.263. The highest BCUT2D eigenvalue weighted by atomic mass is 32.2. The molecule has 0 atom stereocenters. The average Bonchev–Trinajstić information content (AvgIpc) is 3.28. The van der Waals surface area contributed by atoms with E-state index in [1.165, 1.54) is 18.4 Å². The molecule has 0 amide bonds. The van der Waals surface area contributed by atoms with E-state index in [9.17, 15) is 4.79 Å². The fourth-order valence-electron chi connectivity index (χ4n) is 5.32. The van der Waals surface area contributed by atoms with Crippen molar-refractivity contribution in [1.82, 2.24) is 18.8 Å². The second kappa shape index (κ2) is 11.3. The number of nitrogens with zero attached hydrogens (tertiary/aromatic N) is 5. The van der Waals surface area contributed by atoms with Crippen LogP contribution in [0.2, 0.25) is 0 Å². The molecule has 0 unspecified atom stereocenters. The van der Waals surface area contributed by atoms with Crippen molar-refractivity contribution in [3.05, 3.63) is 65.1 Å². The lowest BCUT2D eigenvalue weighted by atomic mass is 9.88. The monoisotopic (exact) mass is 545 g/mol. The molecule has 0 aliphatic carbocycles. The molecule has 9 heteroatoms. The summed E-state index contributed by atoms with van der Waals surface area (Å²) in [4.78, 5) is 24.2. The number of methoxy groups -OCH3 is 1. The highest BCUT2D eigenvalue weighted by molar-refractivity contribution is 7.96. The van der Waals surface area contributed by atoms with Gasteiger partial charge in [0.1, 0.15) is 6.61 Å². The van der Waals surface area contributed by atoms with Gasteiger partial charge in [0.2, 0.25) is 5.95 Å². The van der Waals surface area contributed by atoms with E-state index in [4.69, 9.17) is 19.4 Å². The second-order valence-corrected chi connectivity index (χ2v) is 10.9. The van der Waals surface area contributed by atoms with E-state index in [0.29, 0.717) is 18.3 Å². The first-order valence-corrected chi connectivity index (χ1v) is 14.3. The Morgan fingerprint density at radius 3 is 2.49 bits per heavy atom. The van der Waals surface area contributed by atoms with Crippen molar-refractivity contribution in [3.63, 3.8) is 0 Å². The van der Waals surface area contributed by atoms with Gasteiger partial charge >= 0.3 is 5.97 Å². The van der Waals surface area contributed by atoms with Crippen molar-refractivity contribution >= 4 is 40.5 Å². The molecule has 0 spiro atoms. The van der Waals surface area contributed by atoms with Gasteiger partial charge in [0.25, 0.3) is 0 Å². The fourth-order valence-corrected chi connectivity index (χ4v) is 5.57. The van der Waals surface area contributed by atoms with Gasteiger partial charge in [-0.15, -0.1) is 0 Å². The number of hydrogen-bond acceptors (Lipinski definition) is 8. The Kier molecular flexibility index (Phi) is 7.81. The summed E-state index contributed by atoms with van der Waals surface area (Å²) in [5.74, 6) is 0.999. The normalized spacial score (nSPS) is 12.8. The molecule has 2 aromatic heterocycles. The van der Waals surface area contributed by atoms with E-state index < -0.39 is 0 Å². The zero-order chi connectivity index (χ0) is 27.7. The highest BCUT2D eigenvalue weighted by Crippen LogP contribution is 2.46. The van der Waals surface area contributed by atoms with Crippen LogP contribution < -0.4 is 9.64 Å². The largest absolute Gasteiger partial charge is 0.489 e. The number of carbonyl (C=O) groups excluding carboxylic acids is 1. The highest BCUT2D eigenvalue weighted by Gasteiger charge is 2.30. The molecule has 4 aromatic rings. The average molecular weight is 546 g/mol.